The van der Waals surface area contributed by atoms with Crippen molar-refractivity contribution in [2.45, 2.75) is 26.2 Å². The number of amides is 1. The summed E-state index contributed by atoms with van der Waals surface area (Å²) in [6.45, 7) is 4.88. The predicted molar refractivity (Wildman–Crippen MR) is 75.3 cm³/mol. The third-order valence-corrected chi connectivity index (χ3v) is 3.14. The van der Waals surface area contributed by atoms with Crippen LogP contribution in [0.5, 0.6) is 0 Å². The van der Waals surface area contributed by atoms with Crippen LogP contribution in [0.25, 0.3) is 0 Å². The summed E-state index contributed by atoms with van der Waals surface area (Å²) in [5.41, 5.74) is 0. The number of aromatic nitrogens is 2. The average Bonchev–Trinajstić information content (AvgIpc) is 2.47. The van der Waals surface area contributed by atoms with Gasteiger partial charge >= 0.3 is 0 Å². The van der Waals surface area contributed by atoms with Gasteiger partial charge in [0.2, 0.25) is 5.91 Å². The summed E-state index contributed by atoms with van der Waals surface area (Å²) in [4.78, 5) is 22.1. The number of hydrogen-bond donors (Lipinski definition) is 2. The molecule has 6 nitrogen and oxygen atoms in total. The fourth-order valence-corrected chi connectivity index (χ4v) is 2.17. The van der Waals surface area contributed by atoms with E-state index in [1.165, 1.54) is 19.3 Å². The van der Waals surface area contributed by atoms with Gasteiger partial charge in [-0.15, -0.1) is 0 Å². The molecule has 6 heteroatoms. The Hall–Kier alpha value is -1.85. The van der Waals surface area contributed by atoms with E-state index in [1.807, 2.05) is 13.0 Å². The van der Waals surface area contributed by atoms with Gasteiger partial charge in [0.15, 0.2) is 0 Å². The second kappa shape index (κ2) is 6.92. The van der Waals surface area contributed by atoms with Crippen LogP contribution in [-0.4, -0.2) is 42.1 Å². The number of nitrogens with zero attached hydrogens (tertiary/aromatic N) is 3. The molecule has 2 heterocycles. The minimum Gasteiger partial charge on any atom is -0.361 e. The molecule has 0 saturated carbocycles. The lowest BCUT2D eigenvalue weighted by molar-refractivity contribution is -0.119. The predicted octanol–water partition coefficient (Wildman–Crippen LogP) is 1.01. The fourth-order valence-electron chi connectivity index (χ4n) is 2.17. The molecule has 2 rings (SSSR count). The molecule has 0 atom stereocenters. The Bertz CT molecular complexity index is 417. The minimum absolute atomic E-state index is 0.0272. The van der Waals surface area contributed by atoms with Gasteiger partial charge in [-0.2, -0.15) is 0 Å². The summed E-state index contributed by atoms with van der Waals surface area (Å²) in [7, 11) is 0. The summed E-state index contributed by atoms with van der Waals surface area (Å²) in [5, 5.41) is 5.76. The summed E-state index contributed by atoms with van der Waals surface area (Å²) < 4.78 is 0. The molecular formula is C13H21N5O. The van der Waals surface area contributed by atoms with Crippen molar-refractivity contribution in [3.05, 3.63) is 12.4 Å². The standard InChI is InChI=1S/C13H21N5O/c1-2-14-13(19)9-15-11-8-12(17-10-16-11)18-6-4-3-5-7-18/h8,10H,2-7,9H2,1H3,(H,14,19)(H,15,16,17). The first kappa shape index (κ1) is 13.6. The lowest BCUT2D eigenvalue weighted by Gasteiger charge is -2.27. The zero-order chi connectivity index (χ0) is 13.5. The Labute approximate surface area is 113 Å². The van der Waals surface area contributed by atoms with Crippen LogP contribution in [0.3, 0.4) is 0 Å². The zero-order valence-corrected chi connectivity index (χ0v) is 11.4. The van der Waals surface area contributed by atoms with Crippen molar-refractivity contribution in [1.29, 1.82) is 0 Å². The minimum atomic E-state index is -0.0272. The zero-order valence-electron chi connectivity index (χ0n) is 11.4. The van der Waals surface area contributed by atoms with E-state index in [1.54, 1.807) is 6.33 Å². The first-order chi connectivity index (χ1) is 9.29. The van der Waals surface area contributed by atoms with Gasteiger partial charge < -0.3 is 15.5 Å². The second-order valence-corrected chi connectivity index (χ2v) is 4.62. The molecule has 0 unspecified atom stereocenters. The smallest absolute Gasteiger partial charge is 0.239 e. The first-order valence-corrected chi connectivity index (χ1v) is 6.87. The maximum absolute atomic E-state index is 11.4. The highest BCUT2D eigenvalue weighted by molar-refractivity contribution is 5.80. The maximum atomic E-state index is 11.4. The van der Waals surface area contributed by atoms with Crippen molar-refractivity contribution < 1.29 is 4.79 Å². The summed E-state index contributed by atoms with van der Waals surface area (Å²) in [6.07, 6.45) is 5.27. The van der Waals surface area contributed by atoms with Crippen molar-refractivity contribution in [2.75, 3.05) is 36.4 Å². The van der Waals surface area contributed by atoms with E-state index in [2.05, 4.69) is 25.5 Å². The number of likely N-dealkylation sites (N-methyl/N-ethyl adjacent to an activating group) is 1. The van der Waals surface area contributed by atoms with Crippen molar-refractivity contribution in [2.24, 2.45) is 0 Å². The topological polar surface area (TPSA) is 70.2 Å². The van der Waals surface area contributed by atoms with Gasteiger partial charge in [-0.3, -0.25) is 4.79 Å². The van der Waals surface area contributed by atoms with Gasteiger partial charge in [0.05, 0.1) is 6.54 Å². The molecule has 1 fully saturated rings. The van der Waals surface area contributed by atoms with E-state index in [4.69, 9.17) is 0 Å². The third-order valence-electron chi connectivity index (χ3n) is 3.14. The van der Waals surface area contributed by atoms with Crippen LogP contribution < -0.4 is 15.5 Å². The third kappa shape index (κ3) is 4.08. The summed E-state index contributed by atoms with van der Waals surface area (Å²) in [6, 6.07) is 1.91. The van der Waals surface area contributed by atoms with Gasteiger partial charge in [-0.25, -0.2) is 9.97 Å². The Morgan fingerprint density at radius 3 is 2.84 bits per heavy atom. The number of carbonyl (C=O) groups is 1. The molecule has 0 radical (unpaired) electrons. The highest BCUT2D eigenvalue weighted by atomic mass is 16.1. The number of nitrogens with one attached hydrogen (secondary N) is 2. The summed E-state index contributed by atoms with van der Waals surface area (Å²) >= 11 is 0. The normalized spacial score (nSPS) is 15.1. The van der Waals surface area contributed by atoms with E-state index >= 15 is 0 Å². The van der Waals surface area contributed by atoms with Crippen LogP contribution in [0.2, 0.25) is 0 Å². The van der Waals surface area contributed by atoms with E-state index in [0.717, 1.165) is 18.9 Å². The number of rotatable bonds is 5. The van der Waals surface area contributed by atoms with Crippen LogP contribution >= 0.6 is 0 Å². The molecule has 1 aromatic heterocycles. The van der Waals surface area contributed by atoms with E-state index < -0.39 is 0 Å². The van der Waals surface area contributed by atoms with E-state index in [-0.39, 0.29) is 12.5 Å². The van der Waals surface area contributed by atoms with Crippen molar-refractivity contribution in [3.8, 4) is 0 Å². The molecule has 0 aromatic carbocycles. The lowest BCUT2D eigenvalue weighted by Crippen LogP contribution is -2.31. The van der Waals surface area contributed by atoms with Gasteiger partial charge in [-0.05, 0) is 26.2 Å². The van der Waals surface area contributed by atoms with Crippen molar-refractivity contribution in [3.63, 3.8) is 0 Å². The molecule has 1 saturated heterocycles. The quantitative estimate of drug-likeness (QED) is 0.830. The van der Waals surface area contributed by atoms with Crippen LogP contribution in [0, 0.1) is 0 Å². The molecule has 2 N–H and O–H groups in total. The molecule has 1 aromatic rings. The largest absolute Gasteiger partial charge is 0.361 e. The van der Waals surface area contributed by atoms with Crippen LogP contribution in [0.4, 0.5) is 11.6 Å². The molecule has 1 aliphatic heterocycles. The Kier molecular flexibility index (Phi) is 4.94. The molecule has 104 valence electrons. The molecule has 0 bridgehead atoms. The number of carbonyl (C=O) groups excluding carboxylic acids is 1. The van der Waals surface area contributed by atoms with E-state index in [0.29, 0.717) is 12.4 Å². The lowest BCUT2D eigenvalue weighted by atomic mass is 10.1. The van der Waals surface area contributed by atoms with Gasteiger partial charge in [0, 0.05) is 25.7 Å². The van der Waals surface area contributed by atoms with E-state index in [9.17, 15) is 4.79 Å². The second-order valence-electron chi connectivity index (χ2n) is 4.62. The van der Waals surface area contributed by atoms with Crippen LogP contribution in [0.15, 0.2) is 12.4 Å². The molecule has 0 aliphatic carbocycles. The Morgan fingerprint density at radius 2 is 2.11 bits per heavy atom. The highest BCUT2D eigenvalue weighted by Gasteiger charge is 2.12. The molecule has 1 amide bonds. The maximum Gasteiger partial charge on any atom is 0.239 e. The number of anilines is 2. The monoisotopic (exact) mass is 263 g/mol. The highest BCUT2D eigenvalue weighted by Crippen LogP contribution is 2.18. The van der Waals surface area contributed by atoms with Crippen LogP contribution in [-0.2, 0) is 4.79 Å². The van der Waals surface area contributed by atoms with Gasteiger partial charge in [-0.1, -0.05) is 0 Å². The van der Waals surface area contributed by atoms with Gasteiger partial charge in [0.1, 0.15) is 18.0 Å². The van der Waals surface area contributed by atoms with Gasteiger partial charge in [0.25, 0.3) is 0 Å². The molecule has 0 spiro atoms. The Morgan fingerprint density at radius 1 is 1.32 bits per heavy atom. The first-order valence-electron chi connectivity index (χ1n) is 6.87. The fraction of sp³-hybridized carbons (Fsp3) is 0.615. The SMILES string of the molecule is CCNC(=O)CNc1cc(N2CCCCC2)ncn1. The van der Waals surface area contributed by atoms with Crippen molar-refractivity contribution in [1.82, 2.24) is 15.3 Å². The van der Waals surface area contributed by atoms with Crippen LogP contribution in [0.1, 0.15) is 26.2 Å². The average molecular weight is 263 g/mol. The summed E-state index contributed by atoms with van der Waals surface area (Å²) in [5.74, 6) is 1.61. The molecule has 19 heavy (non-hydrogen) atoms. The molecular weight excluding hydrogens is 242 g/mol. The number of hydrogen-bond acceptors (Lipinski definition) is 5. The van der Waals surface area contributed by atoms with Crippen molar-refractivity contribution >= 4 is 17.5 Å². The Balaban J connectivity index is 1.92. The number of piperidine rings is 1. The molecule has 1 aliphatic rings.